The number of benzene rings is 2. The summed E-state index contributed by atoms with van der Waals surface area (Å²) >= 11 is 0. The van der Waals surface area contributed by atoms with Gasteiger partial charge in [0.05, 0.1) is 6.61 Å². The molecule has 0 saturated carbocycles. The third-order valence-electron chi connectivity index (χ3n) is 6.04. The van der Waals surface area contributed by atoms with Gasteiger partial charge in [-0.25, -0.2) is 0 Å². The van der Waals surface area contributed by atoms with Crippen molar-refractivity contribution in [2.45, 2.75) is 58.0 Å². The van der Waals surface area contributed by atoms with E-state index >= 15 is 0 Å². The van der Waals surface area contributed by atoms with E-state index in [0.29, 0.717) is 6.04 Å². The SMILES string of the molecule is Cc1ccc2c(c1)Cc1cccc(c1)CN(C1CCOCC1)CCCCCO2. The van der Waals surface area contributed by atoms with Crippen LogP contribution in [0.3, 0.4) is 0 Å². The van der Waals surface area contributed by atoms with Gasteiger partial charge >= 0.3 is 0 Å². The highest BCUT2D eigenvalue weighted by Crippen LogP contribution is 2.25. The van der Waals surface area contributed by atoms with Crippen LogP contribution in [0.2, 0.25) is 0 Å². The van der Waals surface area contributed by atoms with Crippen molar-refractivity contribution in [1.29, 1.82) is 0 Å². The van der Waals surface area contributed by atoms with E-state index in [0.717, 1.165) is 57.8 Å². The van der Waals surface area contributed by atoms with Gasteiger partial charge in [-0.2, -0.15) is 0 Å². The minimum Gasteiger partial charge on any atom is -0.493 e. The van der Waals surface area contributed by atoms with Crippen LogP contribution in [0.5, 0.6) is 5.75 Å². The maximum atomic E-state index is 6.17. The van der Waals surface area contributed by atoms with Gasteiger partial charge in [0, 0.05) is 32.2 Å². The minimum atomic E-state index is 0.657. The third-order valence-corrected chi connectivity index (χ3v) is 6.04. The minimum absolute atomic E-state index is 0.657. The summed E-state index contributed by atoms with van der Waals surface area (Å²) < 4.78 is 11.8. The summed E-state index contributed by atoms with van der Waals surface area (Å²) in [7, 11) is 0. The standard InChI is InChI=1S/C25H33NO2/c1-20-8-9-25-23(16-20)18-21-6-5-7-22(17-21)19-26(12-3-2-4-13-28-25)24-10-14-27-15-11-24/h5-9,16-17,24H,2-4,10-15,18-19H2,1H3. The number of ether oxygens (including phenoxy) is 2. The first-order valence-corrected chi connectivity index (χ1v) is 10.9. The Labute approximate surface area is 169 Å². The largest absolute Gasteiger partial charge is 0.493 e. The van der Waals surface area contributed by atoms with Gasteiger partial charge in [-0.1, -0.05) is 42.0 Å². The molecule has 3 heteroatoms. The van der Waals surface area contributed by atoms with Crippen LogP contribution < -0.4 is 4.74 Å². The smallest absolute Gasteiger partial charge is 0.122 e. The van der Waals surface area contributed by atoms with Gasteiger partial charge in [-0.05, 0) is 68.3 Å². The van der Waals surface area contributed by atoms with Crippen LogP contribution in [0.1, 0.15) is 54.4 Å². The van der Waals surface area contributed by atoms with E-state index in [9.17, 15) is 0 Å². The van der Waals surface area contributed by atoms with E-state index in [4.69, 9.17) is 9.47 Å². The molecule has 150 valence electrons. The summed E-state index contributed by atoms with van der Waals surface area (Å²) in [6, 6.07) is 16.4. The summed E-state index contributed by atoms with van der Waals surface area (Å²) in [5, 5.41) is 0. The molecule has 0 N–H and O–H groups in total. The van der Waals surface area contributed by atoms with Crippen molar-refractivity contribution in [3.63, 3.8) is 0 Å². The molecule has 4 rings (SSSR count). The van der Waals surface area contributed by atoms with Crippen LogP contribution in [0, 0.1) is 6.92 Å². The summed E-state index contributed by atoms with van der Waals surface area (Å²) in [6.45, 7) is 7.01. The number of aryl methyl sites for hydroxylation is 1. The van der Waals surface area contributed by atoms with E-state index in [1.807, 2.05) is 0 Å². The molecular weight excluding hydrogens is 346 g/mol. The number of nitrogens with zero attached hydrogens (tertiary/aromatic N) is 1. The zero-order chi connectivity index (χ0) is 19.2. The van der Waals surface area contributed by atoms with E-state index in [-0.39, 0.29) is 0 Å². The first-order valence-electron chi connectivity index (χ1n) is 10.9. The predicted molar refractivity (Wildman–Crippen MR) is 114 cm³/mol. The fourth-order valence-corrected chi connectivity index (χ4v) is 4.50. The summed E-state index contributed by atoms with van der Waals surface area (Å²) in [5.74, 6) is 1.05. The van der Waals surface area contributed by atoms with Gasteiger partial charge < -0.3 is 9.47 Å². The highest BCUT2D eigenvalue weighted by Gasteiger charge is 2.21. The Hall–Kier alpha value is -1.84. The average Bonchev–Trinajstić information content (AvgIpc) is 2.71. The van der Waals surface area contributed by atoms with Crippen LogP contribution >= 0.6 is 0 Å². The molecule has 0 aliphatic carbocycles. The van der Waals surface area contributed by atoms with Gasteiger partial charge in [0.2, 0.25) is 0 Å². The molecule has 0 spiro atoms. The van der Waals surface area contributed by atoms with Gasteiger partial charge in [0.15, 0.2) is 0 Å². The van der Waals surface area contributed by atoms with Gasteiger partial charge in [-0.3, -0.25) is 4.90 Å². The molecular formula is C25H33NO2. The molecule has 2 aliphatic heterocycles. The van der Waals surface area contributed by atoms with Gasteiger partial charge in [0.25, 0.3) is 0 Å². The number of rotatable bonds is 1. The summed E-state index contributed by atoms with van der Waals surface area (Å²) in [5.41, 5.74) is 5.40. The summed E-state index contributed by atoms with van der Waals surface area (Å²) in [4.78, 5) is 2.70. The topological polar surface area (TPSA) is 21.7 Å². The van der Waals surface area contributed by atoms with Crippen molar-refractivity contribution in [2.24, 2.45) is 0 Å². The quantitative estimate of drug-likeness (QED) is 0.686. The first-order chi connectivity index (χ1) is 13.8. The maximum absolute atomic E-state index is 6.17. The number of fused-ring (bicyclic) bond motifs is 3. The van der Waals surface area contributed by atoms with Crippen LogP contribution in [-0.4, -0.2) is 37.3 Å². The van der Waals surface area contributed by atoms with Crippen LogP contribution in [0.25, 0.3) is 0 Å². The molecule has 2 bridgehead atoms. The fraction of sp³-hybridized carbons (Fsp3) is 0.520. The molecule has 1 saturated heterocycles. The normalized spacial score (nSPS) is 20.0. The molecule has 2 heterocycles. The Morgan fingerprint density at radius 3 is 2.64 bits per heavy atom. The lowest BCUT2D eigenvalue weighted by molar-refractivity contribution is 0.0302. The van der Waals surface area contributed by atoms with Gasteiger partial charge in [0.1, 0.15) is 5.75 Å². The zero-order valence-electron chi connectivity index (χ0n) is 17.2. The molecule has 2 aromatic rings. The van der Waals surface area contributed by atoms with Crippen molar-refractivity contribution in [1.82, 2.24) is 4.90 Å². The molecule has 1 fully saturated rings. The predicted octanol–water partition coefficient (Wildman–Crippen LogP) is 5.13. The molecule has 0 atom stereocenters. The third kappa shape index (κ3) is 5.15. The van der Waals surface area contributed by atoms with Crippen LogP contribution in [0.15, 0.2) is 42.5 Å². The maximum Gasteiger partial charge on any atom is 0.122 e. The fourth-order valence-electron chi connectivity index (χ4n) is 4.50. The van der Waals surface area contributed by atoms with Gasteiger partial charge in [-0.15, -0.1) is 0 Å². The Morgan fingerprint density at radius 2 is 1.75 bits per heavy atom. The van der Waals surface area contributed by atoms with E-state index in [2.05, 4.69) is 54.3 Å². The zero-order valence-corrected chi connectivity index (χ0v) is 17.2. The molecule has 0 radical (unpaired) electrons. The van der Waals surface area contributed by atoms with Crippen LogP contribution in [0.4, 0.5) is 0 Å². The Bertz CT molecular complexity index is 767. The van der Waals surface area contributed by atoms with Crippen molar-refractivity contribution in [2.75, 3.05) is 26.4 Å². The lowest BCUT2D eigenvalue weighted by Gasteiger charge is -2.34. The monoisotopic (exact) mass is 379 g/mol. The molecule has 28 heavy (non-hydrogen) atoms. The first kappa shape index (κ1) is 19.5. The molecule has 0 unspecified atom stereocenters. The Balaban J connectivity index is 1.58. The highest BCUT2D eigenvalue weighted by molar-refractivity contribution is 5.41. The highest BCUT2D eigenvalue weighted by atomic mass is 16.5. The van der Waals surface area contributed by atoms with E-state index in [1.165, 1.54) is 41.6 Å². The second-order valence-corrected chi connectivity index (χ2v) is 8.33. The molecule has 3 nitrogen and oxygen atoms in total. The van der Waals surface area contributed by atoms with E-state index < -0.39 is 0 Å². The van der Waals surface area contributed by atoms with E-state index in [1.54, 1.807) is 0 Å². The van der Waals surface area contributed by atoms with Crippen molar-refractivity contribution >= 4 is 0 Å². The molecule has 0 aromatic heterocycles. The number of hydrogen-bond donors (Lipinski definition) is 0. The Kier molecular flexibility index (Phi) is 6.66. The lowest BCUT2D eigenvalue weighted by Crippen LogP contribution is -2.39. The Morgan fingerprint density at radius 1 is 0.893 bits per heavy atom. The number of hydrogen-bond acceptors (Lipinski definition) is 3. The van der Waals surface area contributed by atoms with Crippen LogP contribution in [-0.2, 0) is 17.7 Å². The molecule has 2 aromatic carbocycles. The average molecular weight is 380 g/mol. The summed E-state index contributed by atoms with van der Waals surface area (Å²) in [6.07, 6.45) is 6.84. The lowest BCUT2D eigenvalue weighted by atomic mass is 9.99. The second kappa shape index (κ2) is 9.58. The van der Waals surface area contributed by atoms with Crippen molar-refractivity contribution < 1.29 is 9.47 Å². The molecule has 2 aliphatic rings. The van der Waals surface area contributed by atoms with Crippen molar-refractivity contribution in [3.8, 4) is 5.75 Å². The molecule has 0 amide bonds. The van der Waals surface area contributed by atoms with Crippen molar-refractivity contribution in [3.05, 3.63) is 64.7 Å². The second-order valence-electron chi connectivity index (χ2n) is 8.33.